The predicted molar refractivity (Wildman–Crippen MR) is 60.1 cm³/mol. The summed E-state index contributed by atoms with van der Waals surface area (Å²) in [5.41, 5.74) is 0. The van der Waals surface area contributed by atoms with Gasteiger partial charge in [-0.05, 0) is 37.7 Å². The van der Waals surface area contributed by atoms with Crippen LogP contribution in [0.4, 0.5) is 0 Å². The van der Waals surface area contributed by atoms with Gasteiger partial charge in [0.05, 0.1) is 0 Å². The second-order valence-electron chi connectivity index (χ2n) is 3.16. The molecule has 0 radical (unpaired) electrons. The van der Waals surface area contributed by atoms with E-state index in [4.69, 9.17) is 16.3 Å². The molecule has 0 aliphatic heterocycles. The molecule has 1 aromatic rings. The van der Waals surface area contributed by atoms with E-state index < -0.39 is 0 Å². The Kier molecular flexibility index (Phi) is 4.77. The van der Waals surface area contributed by atoms with Crippen LogP contribution in [0.3, 0.4) is 0 Å². The highest BCUT2D eigenvalue weighted by atomic mass is 35.5. The highest BCUT2D eigenvalue weighted by Crippen LogP contribution is 2.15. The lowest BCUT2D eigenvalue weighted by Gasteiger charge is -2.14. The summed E-state index contributed by atoms with van der Waals surface area (Å²) < 4.78 is 5.58. The van der Waals surface area contributed by atoms with Gasteiger partial charge in [0.1, 0.15) is 12.4 Å². The normalized spacial score (nSPS) is 12.5. The van der Waals surface area contributed by atoms with Crippen molar-refractivity contribution in [1.29, 1.82) is 0 Å². The van der Waals surface area contributed by atoms with Crippen LogP contribution in [0.2, 0.25) is 5.02 Å². The molecule has 1 atom stereocenters. The Bertz CT molecular complexity index is 256. The van der Waals surface area contributed by atoms with E-state index in [2.05, 4.69) is 12.2 Å². The van der Waals surface area contributed by atoms with E-state index in [0.717, 1.165) is 17.2 Å². The quantitative estimate of drug-likeness (QED) is 0.812. The van der Waals surface area contributed by atoms with Crippen LogP contribution < -0.4 is 10.1 Å². The van der Waals surface area contributed by atoms with Crippen molar-refractivity contribution in [1.82, 2.24) is 5.32 Å². The molecule has 0 saturated carbocycles. The van der Waals surface area contributed by atoms with Crippen LogP contribution in [0.15, 0.2) is 24.3 Å². The molecule has 1 N–H and O–H groups in total. The standard InChI is InChI=1S/C11H16ClNO/c1-3-10(13-2)8-14-11-6-4-9(12)5-7-11/h4-7,10,13H,3,8H2,1-2H3. The maximum absolute atomic E-state index is 5.76. The number of benzene rings is 1. The monoisotopic (exact) mass is 213 g/mol. The molecule has 2 nitrogen and oxygen atoms in total. The minimum Gasteiger partial charge on any atom is -0.492 e. The lowest BCUT2D eigenvalue weighted by molar-refractivity contribution is 0.267. The number of halogens is 1. The van der Waals surface area contributed by atoms with Gasteiger partial charge in [-0.3, -0.25) is 0 Å². The molecule has 1 aromatic carbocycles. The van der Waals surface area contributed by atoms with Crippen LogP contribution in [0.5, 0.6) is 5.75 Å². The van der Waals surface area contributed by atoms with E-state index in [1.54, 1.807) is 0 Å². The van der Waals surface area contributed by atoms with Crippen molar-refractivity contribution in [3.63, 3.8) is 0 Å². The molecular weight excluding hydrogens is 198 g/mol. The van der Waals surface area contributed by atoms with Crippen molar-refractivity contribution in [2.45, 2.75) is 19.4 Å². The molecule has 0 bridgehead atoms. The van der Waals surface area contributed by atoms with E-state index in [1.807, 2.05) is 31.3 Å². The van der Waals surface area contributed by atoms with Gasteiger partial charge < -0.3 is 10.1 Å². The van der Waals surface area contributed by atoms with E-state index in [0.29, 0.717) is 12.6 Å². The lowest BCUT2D eigenvalue weighted by Crippen LogP contribution is -2.30. The Hall–Kier alpha value is -0.730. The molecule has 0 aromatic heterocycles. The molecule has 0 spiro atoms. The number of hydrogen-bond donors (Lipinski definition) is 1. The van der Waals surface area contributed by atoms with Crippen molar-refractivity contribution < 1.29 is 4.74 Å². The molecule has 78 valence electrons. The minimum absolute atomic E-state index is 0.408. The Morgan fingerprint density at radius 2 is 2.00 bits per heavy atom. The van der Waals surface area contributed by atoms with Crippen LogP contribution in [0.1, 0.15) is 13.3 Å². The summed E-state index contributed by atoms with van der Waals surface area (Å²) in [6, 6.07) is 7.83. The lowest BCUT2D eigenvalue weighted by atomic mass is 10.2. The summed E-state index contributed by atoms with van der Waals surface area (Å²) in [6.07, 6.45) is 1.06. The molecule has 0 heterocycles. The van der Waals surface area contributed by atoms with Crippen LogP contribution in [0, 0.1) is 0 Å². The topological polar surface area (TPSA) is 21.3 Å². The zero-order chi connectivity index (χ0) is 10.4. The SMILES string of the molecule is CCC(COc1ccc(Cl)cc1)NC. The average molecular weight is 214 g/mol. The minimum atomic E-state index is 0.408. The summed E-state index contributed by atoms with van der Waals surface area (Å²) >= 11 is 5.76. The van der Waals surface area contributed by atoms with Gasteiger partial charge in [-0.15, -0.1) is 0 Å². The average Bonchev–Trinajstić information content (AvgIpc) is 2.22. The molecule has 0 aliphatic rings. The second kappa shape index (κ2) is 5.89. The number of likely N-dealkylation sites (N-methyl/N-ethyl adjacent to an activating group) is 1. The maximum atomic E-state index is 5.76. The third-order valence-corrected chi connectivity index (χ3v) is 2.42. The first-order chi connectivity index (χ1) is 6.76. The van der Waals surface area contributed by atoms with Gasteiger partial charge in [-0.1, -0.05) is 18.5 Å². The van der Waals surface area contributed by atoms with Gasteiger partial charge in [-0.2, -0.15) is 0 Å². The highest BCUT2D eigenvalue weighted by molar-refractivity contribution is 6.30. The predicted octanol–water partition coefficient (Wildman–Crippen LogP) is 2.72. The van der Waals surface area contributed by atoms with E-state index in [-0.39, 0.29) is 0 Å². The molecule has 0 fully saturated rings. The van der Waals surface area contributed by atoms with E-state index >= 15 is 0 Å². The van der Waals surface area contributed by atoms with Gasteiger partial charge in [0, 0.05) is 11.1 Å². The zero-order valence-corrected chi connectivity index (χ0v) is 9.34. The van der Waals surface area contributed by atoms with Gasteiger partial charge in [0.25, 0.3) is 0 Å². The number of ether oxygens (including phenoxy) is 1. The van der Waals surface area contributed by atoms with Crippen LogP contribution in [-0.2, 0) is 0 Å². The summed E-state index contributed by atoms with van der Waals surface area (Å²) in [5, 5.41) is 3.92. The maximum Gasteiger partial charge on any atom is 0.119 e. The molecule has 3 heteroatoms. The number of nitrogens with one attached hydrogen (secondary N) is 1. The summed E-state index contributed by atoms with van der Waals surface area (Å²) in [6.45, 7) is 2.82. The van der Waals surface area contributed by atoms with Crippen molar-refractivity contribution in [2.75, 3.05) is 13.7 Å². The Morgan fingerprint density at radius 1 is 1.36 bits per heavy atom. The van der Waals surface area contributed by atoms with Crippen LogP contribution in [-0.4, -0.2) is 19.7 Å². The molecule has 0 aliphatic carbocycles. The Morgan fingerprint density at radius 3 is 2.50 bits per heavy atom. The Labute approximate surface area is 90.2 Å². The van der Waals surface area contributed by atoms with Crippen molar-refractivity contribution >= 4 is 11.6 Å². The first-order valence-electron chi connectivity index (χ1n) is 4.82. The fraction of sp³-hybridized carbons (Fsp3) is 0.455. The highest BCUT2D eigenvalue weighted by Gasteiger charge is 2.03. The zero-order valence-electron chi connectivity index (χ0n) is 8.59. The molecular formula is C11H16ClNO. The third-order valence-electron chi connectivity index (χ3n) is 2.17. The first kappa shape index (κ1) is 11.3. The van der Waals surface area contributed by atoms with E-state index in [1.165, 1.54) is 0 Å². The second-order valence-corrected chi connectivity index (χ2v) is 3.60. The van der Waals surface area contributed by atoms with Crippen molar-refractivity contribution in [3.05, 3.63) is 29.3 Å². The van der Waals surface area contributed by atoms with Gasteiger partial charge in [0.2, 0.25) is 0 Å². The Balaban J connectivity index is 2.41. The fourth-order valence-electron chi connectivity index (χ4n) is 1.13. The van der Waals surface area contributed by atoms with Gasteiger partial charge >= 0.3 is 0 Å². The van der Waals surface area contributed by atoms with Crippen molar-refractivity contribution in [2.24, 2.45) is 0 Å². The van der Waals surface area contributed by atoms with Crippen LogP contribution in [0.25, 0.3) is 0 Å². The summed E-state index contributed by atoms with van der Waals surface area (Å²) in [7, 11) is 1.94. The molecule has 0 saturated heterocycles. The van der Waals surface area contributed by atoms with E-state index in [9.17, 15) is 0 Å². The summed E-state index contributed by atoms with van der Waals surface area (Å²) in [5.74, 6) is 0.864. The molecule has 1 rings (SSSR count). The van der Waals surface area contributed by atoms with Crippen LogP contribution >= 0.6 is 11.6 Å². The third kappa shape index (κ3) is 3.56. The van der Waals surface area contributed by atoms with Gasteiger partial charge in [0.15, 0.2) is 0 Å². The van der Waals surface area contributed by atoms with Gasteiger partial charge in [-0.25, -0.2) is 0 Å². The molecule has 1 unspecified atom stereocenters. The molecule has 0 amide bonds. The smallest absolute Gasteiger partial charge is 0.119 e. The largest absolute Gasteiger partial charge is 0.492 e. The van der Waals surface area contributed by atoms with Crippen molar-refractivity contribution in [3.8, 4) is 5.75 Å². The first-order valence-corrected chi connectivity index (χ1v) is 5.19. The molecule has 14 heavy (non-hydrogen) atoms. The number of rotatable bonds is 5. The fourth-order valence-corrected chi connectivity index (χ4v) is 1.26. The summed E-state index contributed by atoms with van der Waals surface area (Å²) in [4.78, 5) is 0. The number of hydrogen-bond acceptors (Lipinski definition) is 2.